The first-order valence-corrected chi connectivity index (χ1v) is 7.98. The number of rotatable bonds is 5. The third kappa shape index (κ3) is 2.63. The average Bonchev–Trinajstić information content (AvgIpc) is 3.00. The number of nitrogens with zero attached hydrogens (tertiary/aromatic N) is 2. The van der Waals surface area contributed by atoms with Crippen LogP contribution < -0.4 is 5.32 Å². The minimum Gasteiger partial charge on any atom is -0.351 e. The predicted octanol–water partition coefficient (Wildman–Crippen LogP) is 2.95. The van der Waals surface area contributed by atoms with Gasteiger partial charge in [-0.3, -0.25) is 4.79 Å². The number of nitrogens with one attached hydrogen (secondary N) is 1. The van der Waals surface area contributed by atoms with E-state index in [1.807, 2.05) is 23.7 Å². The maximum Gasteiger partial charge on any atom is 0.261 e. The summed E-state index contributed by atoms with van der Waals surface area (Å²) in [5.41, 5.74) is 1.23. The maximum absolute atomic E-state index is 11.9. The standard InChI is InChI=1S/C15H19N3OS/c1-11-10-17-14(18(11)12-4-2-5-12)7-8-16-15(19)13-6-3-9-20-13/h3,6,9-10,12H,2,4-5,7-8H2,1H3,(H,16,19). The summed E-state index contributed by atoms with van der Waals surface area (Å²) in [7, 11) is 0. The van der Waals surface area contributed by atoms with Crippen LogP contribution in [0.1, 0.15) is 46.5 Å². The van der Waals surface area contributed by atoms with E-state index >= 15 is 0 Å². The molecule has 0 spiro atoms. The molecule has 3 rings (SSSR count). The SMILES string of the molecule is Cc1cnc(CCNC(=O)c2cccs2)n1C1CCC1. The quantitative estimate of drug-likeness (QED) is 0.920. The van der Waals surface area contributed by atoms with Crippen LogP contribution in [0.15, 0.2) is 23.7 Å². The fourth-order valence-electron chi connectivity index (χ4n) is 2.61. The summed E-state index contributed by atoms with van der Waals surface area (Å²) in [6, 6.07) is 4.37. The lowest BCUT2D eigenvalue weighted by atomic mass is 9.92. The second-order valence-corrected chi connectivity index (χ2v) is 6.20. The van der Waals surface area contributed by atoms with Gasteiger partial charge >= 0.3 is 0 Å². The molecule has 1 N–H and O–H groups in total. The maximum atomic E-state index is 11.9. The first-order valence-electron chi connectivity index (χ1n) is 7.10. The zero-order valence-corrected chi connectivity index (χ0v) is 12.4. The van der Waals surface area contributed by atoms with E-state index < -0.39 is 0 Å². The van der Waals surface area contributed by atoms with E-state index in [0.717, 1.165) is 17.1 Å². The number of aromatic nitrogens is 2. The summed E-state index contributed by atoms with van der Waals surface area (Å²) in [5, 5.41) is 4.88. The summed E-state index contributed by atoms with van der Waals surface area (Å²) < 4.78 is 2.35. The molecule has 106 valence electrons. The number of hydrogen-bond donors (Lipinski definition) is 1. The van der Waals surface area contributed by atoms with Crippen LogP contribution in [0.5, 0.6) is 0 Å². The second-order valence-electron chi connectivity index (χ2n) is 5.25. The molecule has 5 heteroatoms. The van der Waals surface area contributed by atoms with Gasteiger partial charge in [0.15, 0.2) is 0 Å². The molecular formula is C15H19N3OS. The fourth-order valence-corrected chi connectivity index (χ4v) is 3.25. The Labute approximate surface area is 122 Å². The van der Waals surface area contributed by atoms with Gasteiger partial charge in [-0.1, -0.05) is 6.07 Å². The van der Waals surface area contributed by atoms with E-state index in [4.69, 9.17) is 0 Å². The Morgan fingerprint density at radius 1 is 1.55 bits per heavy atom. The highest BCUT2D eigenvalue weighted by Gasteiger charge is 2.23. The zero-order chi connectivity index (χ0) is 13.9. The molecule has 2 aromatic heterocycles. The molecule has 0 aromatic carbocycles. The Morgan fingerprint density at radius 3 is 3.05 bits per heavy atom. The van der Waals surface area contributed by atoms with Crippen molar-refractivity contribution in [3.8, 4) is 0 Å². The molecule has 20 heavy (non-hydrogen) atoms. The van der Waals surface area contributed by atoms with Gasteiger partial charge in [0.1, 0.15) is 5.82 Å². The van der Waals surface area contributed by atoms with Gasteiger partial charge in [-0.15, -0.1) is 11.3 Å². The van der Waals surface area contributed by atoms with E-state index in [1.54, 1.807) is 0 Å². The van der Waals surface area contributed by atoms with Crippen LogP contribution in [0, 0.1) is 6.92 Å². The lowest BCUT2D eigenvalue weighted by Gasteiger charge is -2.29. The van der Waals surface area contributed by atoms with Crippen LogP contribution in [0.25, 0.3) is 0 Å². The number of aryl methyl sites for hydroxylation is 1. The molecule has 0 bridgehead atoms. The highest BCUT2D eigenvalue weighted by atomic mass is 32.1. The van der Waals surface area contributed by atoms with Gasteiger partial charge in [0.25, 0.3) is 5.91 Å². The van der Waals surface area contributed by atoms with Gasteiger partial charge in [-0.25, -0.2) is 4.98 Å². The van der Waals surface area contributed by atoms with Crippen molar-refractivity contribution in [2.75, 3.05) is 6.54 Å². The third-order valence-electron chi connectivity index (χ3n) is 3.88. The first kappa shape index (κ1) is 13.4. The summed E-state index contributed by atoms with van der Waals surface area (Å²) in [6.45, 7) is 2.75. The number of thiophene rings is 1. The van der Waals surface area contributed by atoms with Crippen molar-refractivity contribution in [1.29, 1.82) is 0 Å². The minimum atomic E-state index is 0.0125. The number of carbonyl (C=O) groups excluding carboxylic acids is 1. The lowest BCUT2D eigenvalue weighted by molar-refractivity contribution is 0.0958. The van der Waals surface area contributed by atoms with Gasteiger partial charge in [0, 0.05) is 30.9 Å². The van der Waals surface area contributed by atoms with Gasteiger partial charge in [-0.05, 0) is 37.6 Å². The molecule has 1 aliphatic carbocycles. The topological polar surface area (TPSA) is 46.9 Å². The van der Waals surface area contributed by atoms with Crippen LogP contribution in [0.2, 0.25) is 0 Å². The summed E-state index contributed by atoms with van der Waals surface area (Å²) in [4.78, 5) is 17.1. The second kappa shape index (κ2) is 5.79. The van der Waals surface area contributed by atoms with Gasteiger partial charge in [0.2, 0.25) is 0 Å². The molecule has 4 nitrogen and oxygen atoms in total. The molecule has 0 atom stereocenters. The summed E-state index contributed by atoms with van der Waals surface area (Å²) >= 11 is 1.47. The summed E-state index contributed by atoms with van der Waals surface area (Å²) in [6.07, 6.45) is 6.56. The molecule has 2 aromatic rings. The van der Waals surface area contributed by atoms with E-state index in [2.05, 4.69) is 21.8 Å². The molecule has 2 heterocycles. The van der Waals surface area contributed by atoms with E-state index in [9.17, 15) is 4.79 Å². The monoisotopic (exact) mass is 289 g/mol. The Kier molecular flexibility index (Phi) is 3.87. The molecule has 1 aliphatic rings. The predicted molar refractivity (Wildman–Crippen MR) is 80.2 cm³/mol. The Morgan fingerprint density at radius 2 is 2.40 bits per heavy atom. The van der Waals surface area contributed by atoms with Crippen molar-refractivity contribution >= 4 is 17.2 Å². The van der Waals surface area contributed by atoms with Crippen molar-refractivity contribution in [2.24, 2.45) is 0 Å². The lowest BCUT2D eigenvalue weighted by Crippen LogP contribution is -2.27. The molecular weight excluding hydrogens is 270 g/mol. The van der Waals surface area contributed by atoms with E-state index in [0.29, 0.717) is 12.6 Å². The number of amides is 1. The zero-order valence-electron chi connectivity index (χ0n) is 11.6. The van der Waals surface area contributed by atoms with Crippen LogP contribution >= 0.6 is 11.3 Å². The smallest absolute Gasteiger partial charge is 0.261 e. The number of imidazole rings is 1. The molecule has 0 radical (unpaired) electrons. The molecule has 0 saturated heterocycles. The van der Waals surface area contributed by atoms with E-state index in [1.165, 1.54) is 36.3 Å². The number of hydrogen-bond acceptors (Lipinski definition) is 3. The third-order valence-corrected chi connectivity index (χ3v) is 4.75. The van der Waals surface area contributed by atoms with Crippen LogP contribution in [-0.2, 0) is 6.42 Å². The van der Waals surface area contributed by atoms with Gasteiger partial charge in [-0.2, -0.15) is 0 Å². The highest BCUT2D eigenvalue weighted by molar-refractivity contribution is 7.12. The van der Waals surface area contributed by atoms with Crippen molar-refractivity contribution in [1.82, 2.24) is 14.9 Å². The Hall–Kier alpha value is -1.62. The molecule has 1 amide bonds. The normalized spacial score (nSPS) is 15.1. The van der Waals surface area contributed by atoms with E-state index in [-0.39, 0.29) is 5.91 Å². The van der Waals surface area contributed by atoms with Crippen molar-refractivity contribution in [3.63, 3.8) is 0 Å². The molecule has 0 aliphatic heterocycles. The van der Waals surface area contributed by atoms with Crippen LogP contribution in [-0.4, -0.2) is 22.0 Å². The minimum absolute atomic E-state index is 0.0125. The van der Waals surface area contributed by atoms with Crippen LogP contribution in [0.4, 0.5) is 0 Å². The summed E-state index contributed by atoms with van der Waals surface area (Å²) in [5.74, 6) is 1.11. The number of carbonyl (C=O) groups is 1. The molecule has 1 saturated carbocycles. The van der Waals surface area contributed by atoms with Crippen molar-refractivity contribution in [2.45, 2.75) is 38.6 Å². The van der Waals surface area contributed by atoms with Crippen molar-refractivity contribution < 1.29 is 4.79 Å². The molecule has 0 unspecified atom stereocenters. The van der Waals surface area contributed by atoms with Gasteiger partial charge in [0.05, 0.1) is 4.88 Å². The highest BCUT2D eigenvalue weighted by Crippen LogP contribution is 2.33. The van der Waals surface area contributed by atoms with Crippen molar-refractivity contribution in [3.05, 3.63) is 40.1 Å². The van der Waals surface area contributed by atoms with Crippen LogP contribution in [0.3, 0.4) is 0 Å². The largest absolute Gasteiger partial charge is 0.351 e. The average molecular weight is 289 g/mol. The van der Waals surface area contributed by atoms with Gasteiger partial charge < -0.3 is 9.88 Å². The molecule has 1 fully saturated rings. The Balaban J connectivity index is 1.57. The fraction of sp³-hybridized carbons (Fsp3) is 0.467. The first-order chi connectivity index (χ1) is 9.75. The Bertz CT molecular complexity index is 584.